The van der Waals surface area contributed by atoms with Gasteiger partial charge < -0.3 is 4.57 Å². The third-order valence-electron chi connectivity index (χ3n) is 2.46. The normalized spacial score (nSPS) is 12.7. The predicted octanol–water partition coefficient (Wildman–Crippen LogP) is 2.28. The maximum Gasteiger partial charge on any atom is 0.0947 e. The Hall–Kier alpha value is -1.07. The lowest BCUT2D eigenvalue weighted by Gasteiger charge is -2.15. The van der Waals surface area contributed by atoms with Crippen LogP contribution in [0.3, 0.4) is 0 Å². The highest BCUT2D eigenvalue weighted by molar-refractivity contribution is 6.33. The van der Waals surface area contributed by atoms with Crippen molar-refractivity contribution in [3.8, 4) is 0 Å². The second-order valence-electron chi connectivity index (χ2n) is 3.73. The molecule has 0 bridgehead atoms. The highest BCUT2D eigenvalue weighted by Crippen LogP contribution is 2.29. The van der Waals surface area contributed by atoms with Gasteiger partial charge >= 0.3 is 0 Å². The summed E-state index contributed by atoms with van der Waals surface area (Å²) >= 11 is 12.1. The van der Waals surface area contributed by atoms with Crippen LogP contribution in [-0.2, 0) is 7.05 Å². The number of nitrogens with two attached hydrogens (primary N) is 1. The van der Waals surface area contributed by atoms with Crippen LogP contribution >= 0.6 is 23.2 Å². The highest BCUT2D eigenvalue weighted by atomic mass is 35.5. The van der Waals surface area contributed by atoms with Crippen LogP contribution < -0.4 is 11.3 Å². The number of benzene rings is 1. The molecule has 1 atom stereocenters. The Kier molecular flexibility index (Phi) is 3.69. The first-order valence-electron chi connectivity index (χ1n) is 5.00. The smallest absolute Gasteiger partial charge is 0.0947 e. The lowest BCUT2D eigenvalue weighted by molar-refractivity contribution is 0.623. The number of hydrogen-bond donors (Lipinski definition) is 2. The van der Waals surface area contributed by atoms with E-state index in [9.17, 15) is 0 Å². The first kappa shape index (κ1) is 12.4. The lowest BCUT2D eigenvalue weighted by Crippen LogP contribution is -2.29. The maximum absolute atomic E-state index is 6.14. The van der Waals surface area contributed by atoms with Crippen LogP contribution in [0.1, 0.15) is 17.3 Å². The fourth-order valence-corrected chi connectivity index (χ4v) is 2.06. The van der Waals surface area contributed by atoms with Gasteiger partial charge in [-0.2, -0.15) is 0 Å². The van der Waals surface area contributed by atoms with E-state index in [0.29, 0.717) is 10.0 Å². The quantitative estimate of drug-likeness (QED) is 0.665. The molecule has 0 aliphatic heterocycles. The van der Waals surface area contributed by atoms with E-state index in [1.165, 1.54) is 0 Å². The molecule has 1 aromatic carbocycles. The zero-order valence-corrected chi connectivity index (χ0v) is 10.7. The minimum absolute atomic E-state index is 0.276. The molecule has 0 saturated carbocycles. The van der Waals surface area contributed by atoms with E-state index in [4.69, 9.17) is 29.0 Å². The predicted molar refractivity (Wildman–Crippen MR) is 68.8 cm³/mol. The number of hydrogen-bond acceptors (Lipinski definition) is 3. The van der Waals surface area contributed by atoms with E-state index in [-0.39, 0.29) is 6.04 Å². The van der Waals surface area contributed by atoms with Crippen LogP contribution in [0.25, 0.3) is 0 Å². The average Bonchev–Trinajstić information content (AvgIpc) is 2.71. The van der Waals surface area contributed by atoms with E-state index in [1.54, 1.807) is 24.5 Å². The van der Waals surface area contributed by atoms with E-state index < -0.39 is 0 Å². The van der Waals surface area contributed by atoms with Crippen LogP contribution in [0.4, 0.5) is 0 Å². The van der Waals surface area contributed by atoms with Crippen LogP contribution in [0, 0.1) is 0 Å². The fraction of sp³-hybridized carbons (Fsp3) is 0.182. The Balaban J connectivity index is 2.45. The molecule has 0 spiro atoms. The summed E-state index contributed by atoms with van der Waals surface area (Å²) in [5.41, 5.74) is 4.29. The van der Waals surface area contributed by atoms with Gasteiger partial charge in [-0.05, 0) is 23.8 Å². The van der Waals surface area contributed by atoms with Gasteiger partial charge in [0.1, 0.15) is 0 Å². The number of imidazole rings is 1. The molecule has 0 aliphatic rings. The molecule has 4 nitrogen and oxygen atoms in total. The Morgan fingerprint density at radius 2 is 2.18 bits per heavy atom. The van der Waals surface area contributed by atoms with Crippen molar-refractivity contribution in [3.05, 3.63) is 52.0 Å². The van der Waals surface area contributed by atoms with Crippen LogP contribution in [0.2, 0.25) is 10.0 Å². The summed E-state index contributed by atoms with van der Waals surface area (Å²) in [4.78, 5) is 4.25. The summed E-state index contributed by atoms with van der Waals surface area (Å²) in [6.07, 6.45) is 3.58. The van der Waals surface area contributed by atoms with Crippen LogP contribution in [0.15, 0.2) is 30.7 Å². The molecule has 0 amide bonds. The minimum atomic E-state index is -0.276. The molecule has 1 aromatic heterocycles. The van der Waals surface area contributed by atoms with Crippen molar-refractivity contribution in [2.75, 3.05) is 0 Å². The van der Waals surface area contributed by atoms with Gasteiger partial charge in [-0.3, -0.25) is 5.84 Å². The molecule has 17 heavy (non-hydrogen) atoms. The lowest BCUT2D eigenvalue weighted by atomic mass is 10.1. The summed E-state index contributed by atoms with van der Waals surface area (Å²) in [5, 5.41) is 1.21. The molecular formula is C11H12Cl2N4. The number of aryl methyl sites for hydroxylation is 1. The maximum atomic E-state index is 6.14. The van der Waals surface area contributed by atoms with Crippen molar-refractivity contribution >= 4 is 23.2 Å². The average molecular weight is 271 g/mol. The Morgan fingerprint density at radius 3 is 2.76 bits per heavy atom. The number of hydrazine groups is 1. The minimum Gasteiger partial charge on any atom is -0.340 e. The molecule has 0 fully saturated rings. The van der Waals surface area contributed by atoms with Crippen molar-refractivity contribution in [1.29, 1.82) is 0 Å². The molecule has 0 radical (unpaired) electrons. The first-order valence-corrected chi connectivity index (χ1v) is 5.76. The van der Waals surface area contributed by atoms with Gasteiger partial charge in [0.25, 0.3) is 0 Å². The van der Waals surface area contributed by atoms with Crippen molar-refractivity contribution in [3.63, 3.8) is 0 Å². The number of rotatable bonds is 3. The molecule has 0 aliphatic carbocycles. The third-order valence-corrected chi connectivity index (χ3v) is 3.04. The van der Waals surface area contributed by atoms with E-state index in [2.05, 4.69) is 10.4 Å². The first-order chi connectivity index (χ1) is 8.11. The Morgan fingerprint density at radius 1 is 1.41 bits per heavy atom. The molecule has 2 rings (SSSR count). The van der Waals surface area contributed by atoms with Gasteiger partial charge in [-0.1, -0.05) is 23.2 Å². The molecule has 0 saturated heterocycles. The Labute approximate surface area is 109 Å². The van der Waals surface area contributed by atoms with Gasteiger partial charge in [0.05, 0.1) is 18.1 Å². The van der Waals surface area contributed by atoms with Gasteiger partial charge in [-0.25, -0.2) is 10.4 Å². The molecule has 2 aromatic rings. The zero-order valence-electron chi connectivity index (χ0n) is 9.19. The van der Waals surface area contributed by atoms with Crippen LogP contribution in [-0.4, -0.2) is 9.55 Å². The standard InChI is InChI=1S/C11H12Cl2N4/c1-17-5-10(15-6-17)11(16-14)8-4-7(12)2-3-9(8)13/h2-6,11,16H,14H2,1H3. The molecule has 3 N–H and O–H groups in total. The van der Waals surface area contributed by atoms with E-state index in [0.717, 1.165) is 11.3 Å². The zero-order chi connectivity index (χ0) is 12.4. The van der Waals surface area contributed by atoms with E-state index in [1.807, 2.05) is 17.8 Å². The topological polar surface area (TPSA) is 55.9 Å². The summed E-state index contributed by atoms with van der Waals surface area (Å²) in [7, 11) is 1.89. The summed E-state index contributed by atoms with van der Waals surface area (Å²) in [5.74, 6) is 5.56. The second kappa shape index (κ2) is 5.06. The number of nitrogens with zero attached hydrogens (tertiary/aromatic N) is 2. The van der Waals surface area contributed by atoms with Crippen LogP contribution in [0.5, 0.6) is 0 Å². The summed E-state index contributed by atoms with van der Waals surface area (Å²) < 4.78 is 1.85. The largest absolute Gasteiger partial charge is 0.340 e. The van der Waals surface area contributed by atoms with Gasteiger partial charge in [0.15, 0.2) is 0 Å². The fourth-order valence-electron chi connectivity index (χ4n) is 1.65. The van der Waals surface area contributed by atoms with Gasteiger partial charge in [-0.15, -0.1) is 0 Å². The molecular weight excluding hydrogens is 259 g/mol. The summed E-state index contributed by atoms with van der Waals surface area (Å²) in [6, 6.07) is 4.98. The van der Waals surface area contributed by atoms with Crippen molar-refractivity contribution in [1.82, 2.24) is 15.0 Å². The third kappa shape index (κ3) is 2.61. The van der Waals surface area contributed by atoms with Gasteiger partial charge in [0.2, 0.25) is 0 Å². The van der Waals surface area contributed by atoms with Crippen molar-refractivity contribution < 1.29 is 0 Å². The molecule has 90 valence electrons. The molecule has 1 unspecified atom stereocenters. The van der Waals surface area contributed by atoms with Crippen molar-refractivity contribution in [2.24, 2.45) is 12.9 Å². The molecule has 6 heteroatoms. The highest BCUT2D eigenvalue weighted by Gasteiger charge is 2.18. The molecule has 1 heterocycles. The monoisotopic (exact) mass is 270 g/mol. The van der Waals surface area contributed by atoms with E-state index >= 15 is 0 Å². The number of halogens is 2. The van der Waals surface area contributed by atoms with Gasteiger partial charge in [0, 0.05) is 23.3 Å². The second-order valence-corrected chi connectivity index (χ2v) is 4.57. The van der Waals surface area contributed by atoms with Crippen molar-refractivity contribution in [2.45, 2.75) is 6.04 Å². The Bertz CT molecular complexity index is 524. The summed E-state index contributed by atoms with van der Waals surface area (Å²) in [6.45, 7) is 0. The SMILES string of the molecule is Cn1cnc(C(NN)c2cc(Cl)ccc2Cl)c1. The number of nitrogens with one attached hydrogen (secondary N) is 1. The number of aromatic nitrogens is 2.